The first-order chi connectivity index (χ1) is 15.3. The summed E-state index contributed by atoms with van der Waals surface area (Å²) in [5.41, 5.74) is 8.68. The Kier molecular flexibility index (Phi) is 10.1. The SMILES string of the molecule is Cc1cc(N)c2c(OC3CCC(NC(=O)COCCC(C)C)CC3)cccc2n1.O=C=O. The van der Waals surface area contributed by atoms with Crippen LogP contribution in [0.15, 0.2) is 24.3 Å². The van der Waals surface area contributed by atoms with Crippen molar-refractivity contribution in [1.29, 1.82) is 0 Å². The lowest BCUT2D eigenvalue weighted by molar-refractivity contribution is -0.191. The molecule has 2 aromatic rings. The fraction of sp³-hybridized carbons (Fsp3) is 0.542. The van der Waals surface area contributed by atoms with E-state index >= 15 is 0 Å². The number of pyridine rings is 1. The van der Waals surface area contributed by atoms with Gasteiger partial charge in [0.1, 0.15) is 12.4 Å². The zero-order valence-electron chi connectivity index (χ0n) is 19.1. The van der Waals surface area contributed by atoms with Crippen molar-refractivity contribution in [1.82, 2.24) is 10.3 Å². The van der Waals surface area contributed by atoms with E-state index in [1.807, 2.05) is 31.2 Å². The van der Waals surface area contributed by atoms with Crippen molar-refractivity contribution in [2.24, 2.45) is 5.92 Å². The summed E-state index contributed by atoms with van der Waals surface area (Å²) in [4.78, 5) is 32.9. The van der Waals surface area contributed by atoms with Gasteiger partial charge in [-0.15, -0.1) is 0 Å². The number of hydrogen-bond donors (Lipinski definition) is 2. The predicted molar refractivity (Wildman–Crippen MR) is 121 cm³/mol. The van der Waals surface area contributed by atoms with Crippen LogP contribution in [0.1, 0.15) is 51.6 Å². The van der Waals surface area contributed by atoms with E-state index in [0.29, 0.717) is 18.2 Å². The van der Waals surface area contributed by atoms with E-state index in [0.717, 1.165) is 54.5 Å². The number of rotatable bonds is 8. The molecule has 1 aliphatic carbocycles. The van der Waals surface area contributed by atoms with Gasteiger partial charge >= 0.3 is 6.15 Å². The van der Waals surface area contributed by atoms with Crippen molar-refractivity contribution in [3.63, 3.8) is 0 Å². The molecule has 8 heteroatoms. The fourth-order valence-electron chi connectivity index (χ4n) is 3.78. The summed E-state index contributed by atoms with van der Waals surface area (Å²) >= 11 is 0. The van der Waals surface area contributed by atoms with Gasteiger partial charge in [0, 0.05) is 24.0 Å². The van der Waals surface area contributed by atoms with Crippen LogP contribution >= 0.6 is 0 Å². The molecule has 1 amide bonds. The molecule has 1 aromatic carbocycles. The Labute approximate surface area is 188 Å². The standard InChI is InChI=1S/C23H33N3O3.CO2/c1-15(2)11-12-28-14-22(27)26-17-7-9-18(10-8-17)29-21-6-4-5-20-23(21)19(24)13-16(3)25-20;2-1-3/h4-6,13,15,17-18H,7-12,14H2,1-3H3,(H2,24,25)(H,26,27);. The summed E-state index contributed by atoms with van der Waals surface area (Å²) in [7, 11) is 0. The molecule has 0 unspecified atom stereocenters. The summed E-state index contributed by atoms with van der Waals surface area (Å²) in [5.74, 6) is 1.35. The second-order valence-electron chi connectivity index (χ2n) is 8.48. The molecule has 1 aromatic heterocycles. The lowest BCUT2D eigenvalue weighted by Gasteiger charge is -2.30. The highest BCUT2D eigenvalue weighted by molar-refractivity contribution is 5.95. The minimum absolute atomic E-state index is 0.0265. The molecule has 1 aliphatic rings. The second-order valence-corrected chi connectivity index (χ2v) is 8.48. The normalized spacial score (nSPS) is 17.9. The first kappa shape index (κ1) is 25.3. The lowest BCUT2D eigenvalue weighted by Crippen LogP contribution is -2.41. The topological polar surface area (TPSA) is 121 Å². The zero-order chi connectivity index (χ0) is 23.5. The Hall–Kier alpha value is -2.96. The molecule has 3 rings (SSSR count). The van der Waals surface area contributed by atoms with Crippen molar-refractivity contribution in [3.8, 4) is 5.75 Å². The highest BCUT2D eigenvalue weighted by Gasteiger charge is 2.24. The zero-order valence-corrected chi connectivity index (χ0v) is 19.1. The Morgan fingerprint density at radius 3 is 2.59 bits per heavy atom. The molecular weight excluding hydrogens is 410 g/mol. The van der Waals surface area contributed by atoms with Crippen LogP contribution in [0.25, 0.3) is 10.9 Å². The molecule has 1 heterocycles. The number of hydrogen-bond acceptors (Lipinski definition) is 7. The van der Waals surface area contributed by atoms with Crippen LogP contribution in [-0.4, -0.2) is 42.4 Å². The van der Waals surface area contributed by atoms with Crippen LogP contribution in [0.2, 0.25) is 0 Å². The number of anilines is 1. The second kappa shape index (κ2) is 12.8. The summed E-state index contributed by atoms with van der Waals surface area (Å²) in [6.07, 6.45) is 4.95. The lowest BCUT2D eigenvalue weighted by atomic mass is 9.93. The van der Waals surface area contributed by atoms with Crippen molar-refractivity contribution >= 4 is 28.6 Å². The number of aryl methyl sites for hydroxylation is 1. The highest BCUT2D eigenvalue weighted by Crippen LogP contribution is 2.33. The molecule has 1 fully saturated rings. The molecule has 0 saturated heterocycles. The fourth-order valence-corrected chi connectivity index (χ4v) is 3.78. The first-order valence-corrected chi connectivity index (χ1v) is 11.0. The van der Waals surface area contributed by atoms with E-state index in [1.165, 1.54) is 0 Å². The third-order valence-electron chi connectivity index (χ3n) is 5.36. The maximum Gasteiger partial charge on any atom is 0.373 e. The van der Waals surface area contributed by atoms with E-state index in [-0.39, 0.29) is 30.8 Å². The molecule has 0 aliphatic heterocycles. The van der Waals surface area contributed by atoms with E-state index < -0.39 is 0 Å². The van der Waals surface area contributed by atoms with Crippen LogP contribution in [0, 0.1) is 12.8 Å². The number of carbonyl (C=O) groups is 1. The highest BCUT2D eigenvalue weighted by atomic mass is 16.5. The van der Waals surface area contributed by atoms with Crippen molar-refractivity contribution in [3.05, 3.63) is 30.0 Å². The first-order valence-electron chi connectivity index (χ1n) is 11.0. The van der Waals surface area contributed by atoms with Crippen LogP contribution in [0.5, 0.6) is 5.75 Å². The molecule has 0 atom stereocenters. The van der Waals surface area contributed by atoms with Crippen LogP contribution < -0.4 is 15.8 Å². The molecule has 32 heavy (non-hydrogen) atoms. The number of fused-ring (bicyclic) bond motifs is 1. The molecule has 3 N–H and O–H groups in total. The maximum atomic E-state index is 12.1. The largest absolute Gasteiger partial charge is 0.490 e. The van der Waals surface area contributed by atoms with Gasteiger partial charge in [-0.2, -0.15) is 9.59 Å². The number of benzene rings is 1. The van der Waals surface area contributed by atoms with Crippen molar-refractivity contribution in [2.75, 3.05) is 18.9 Å². The number of carbonyl (C=O) groups excluding carboxylic acids is 3. The smallest absolute Gasteiger partial charge is 0.373 e. The van der Waals surface area contributed by atoms with Crippen LogP contribution in [0.3, 0.4) is 0 Å². The van der Waals surface area contributed by atoms with E-state index in [4.69, 9.17) is 24.8 Å². The van der Waals surface area contributed by atoms with Gasteiger partial charge in [0.05, 0.1) is 17.0 Å². The Morgan fingerprint density at radius 1 is 1.25 bits per heavy atom. The number of aromatic nitrogens is 1. The molecule has 1 saturated carbocycles. The molecule has 8 nitrogen and oxygen atoms in total. The quantitative estimate of drug-likeness (QED) is 0.600. The van der Waals surface area contributed by atoms with Gasteiger partial charge in [-0.1, -0.05) is 19.9 Å². The average molecular weight is 444 g/mol. The van der Waals surface area contributed by atoms with Gasteiger partial charge in [-0.25, -0.2) is 0 Å². The van der Waals surface area contributed by atoms with Gasteiger partial charge in [-0.05, 0) is 63.1 Å². The van der Waals surface area contributed by atoms with Gasteiger partial charge < -0.3 is 20.5 Å². The molecule has 0 spiro atoms. The monoisotopic (exact) mass is 443 g/mol. The molecular formula is C24H33N3O5. The summed E-state index contributed by atoms with van der Waals surface area (Å²) in [6, 6.07) is 7.94. The average Bonchev–Trinajstić information content (AvgIpc) is 2.73. The maximum absolute atomic E-state index is 12.1. The van der Waals surface area contributed by atoms with E-state index in [9.17, 15) is 4.79 Å². The van der Waals surface area contributed by atoms with Crippen molar-refractivity contribution < 1.29 is 23.9 Å². The van der Waals surface area contributed by atoms with Gasteiger partial charge in [0.25, 0.3) is 0 Å². The molecule has 174 valence electrons. The van der Waals surface area contributed by atoms with Gasteiger partial charge in [0.15, 0.2) is 0 Å². The summed E-state index contributed by atoms with van der Waals surface area (Å²) in [5, 5.41) is 3.97. The molecule has 0 radical (unpaired) electrons. The van der Waals surface area contributed by atoms with Gasteiger partial charge in [0.2, 0.25) is 5.91 Å². The number of amides is 1. The number of nitrogens with one attached hydrogen (secondary N) is 1. The number of nitrogen functional groups attached to an aromatic ring is 1. The Morgan fingerprint density at radius 2 is 1.94 bits per heavy atom. The number of ether oxygens (including phenoxy) is 2. The van der Waals surface area contributed by atoms with Crippen LogP contribution in [-0.2, 0) is 19.1 Å². The third-order valence-corrected chi connectivity index (χ3v) is 5.36. The van der Waals surface area contributed by atoms with Crippen LogP contribution in [0.4, 0.5) is 5.69 Å². The third kappa shape index (κ3) is 7.94. The number of nitrogens with two attached hydrogens (primary N) is 1. The predicted octanol–water partition coefficient (Wildman–Crippen LogP) is 3.41. The van der Waals surface area contributed by atoms with E-state index in [1.54, 1.807) is 0 Å². The Bertz CT molecular complexity index is 917. The number of nitrogens with zero attached hydrogens (tertiary/aromatic N) is 1. The van der Waals surface area contributed by atoms with Gasteiger partial charge in [-0.3, -0.25) is 9.78 Å². The van der Waals surface area contributed by atoms with E-state index in [2.05, 4.69) is 24.1 Å². The minimum Gasteiger partial charge on any atom is -0.490 e. The summed E-state index contributed by atoms with van der Waals surface area (Å²) < 4.78 is 11.7. The summed E-state index contributed by atoms with van der Waals surface area (Å²) in [6.45, 7) is 7.01. The Balaban J connectivity index is 0.00000114. The van der Waals surface area contributed by atoms with Crippen molar-refractivity contribution in [2.45, 2.75) is 65.0 Å². The minimum atomic E-state index is -0.0265. The molecule has 0 bridgehead atoms.